The lowest BCUT2D eigenvalue weighted by Crippen LogP contribution is -2.34. The van der Waals surface area contributed by atoms with Crippen molar-refractivity contribution in [3.8, 4) is 0 Å². The van der Waals surface area contributed by atoms with E-state index in [1.165, 1.54) is 6.20 Å². The van der Waals surface area contributed by atoms with Crippen molar-refractivity contribution in [2.75, 3.05) is 5.73 Å². The highest BCUT2D eigenvalue weighted by Crippen LogP contribution is 2.25. The molecule has 4 N–H and O–H groups in total. The lowest BCUT2D eigenvalue weighted by molar-refractivity contribution is -0.141. The number of hydrogen-bond donors (Lipinski definition) is 3. The van der Waals surface area contributed by atoms with E-state index < -0.39 is 5.97 Å². The van der Waals surface area contributed by atoms with Crippen LogP contribution in [0.25, 0.3) is 0 Å². The molecule has 19 heavy (non-hydrogen) atoms. The molecule has 0 aromatic carbocycles. The lowest BCUT2D eigenvalue weighted by Gasteiger charge is -2.12. The summed E-state index contributed by atoms with van der Waals surface area (Å²) in [6, 6.07) is 3.37. The molecule has 1 saturated carbocycles. The fraction of sp³-hybridized carbons (Fsp3) is 0.462. The maximum absolute atomic E-state index is 11.8. The van der Waals surface area contributed by atoms with Crippen molar-refractivity contribution >= 4 is 17.6 Å². The minimum absolute atomic E-state index is 0.0395. The van der Waals surface area contributed by atoms with Gasteiger partial charge in [-0.2, -0.15) is 0 Å². The molecular formula is C13H17N3O3. The average molecular weight is 263 g/mol. The predicted octanol–water partition coefficient (Wildman–Crippen LogP) is 0.576. The zero-order chi connectivity index (χ0) is 13.8. The third-order valence-electron chi connectivity index (χ3n) is 3.34. The van der Waals surface area contributed by atoms with Gasteiger partial charge in [-0.3, -0.25) is 14.6 Å². The number of pyridine rings is 1. The second-order valence-electron chi connectivity index (χ2n) is 4.87. The summed E-state index contributed by atoms with van der Waals surface area (Å²) in [6.45, 7) is 0. The van der Waals surface area contributed by atoms with Crippen molar-refractivity contribution < 1.29 is 14.7 Å². The number of rotatable bonds is 4. The third-order valence-corrected chi connectivity index (χ3v) is 3.34. The molecule has 1 aromatic rings. The van der Waals surface area contributed by atoms with Crippen LogP contribution < -0.4 is 11.1 Å². The summed E-state index contributed by atoms with van der Waals surface area (Å²) < 4.78 is 0. The highest BCUT2D eigenvalue weighted by Gasteiger charge is 2.30. The molecule has 1 aliphatic carbocycles. The van der Waals surface area contributed by atoms with Crippen molar-refractivity contribution in [2.45, 2.75) is 31.7 Å². The van der Waals surface area contributed by atoms with Gasteiger partial charge >= 0.3 is 5.97 Å². The molecule has 2 rings (SSSR count). The molecule has 1 aliphatic rings. The third kappa shape index (κ3) is 3.67. The van der Waals surface area contributed by atoms with Crippen LogP contribution >= 0.6 is 0 Å². The van der Waals surface area contributed by atoms with Crippen LogP contribution in [0, 0.1) is 5.92 Å². The Balaban J connectivity index is 1.82. The molecule has 0 unspecified atom stereocenters. The molecule has 0 aliphatic heterocycles. The van der Waals surface area contributed by atoms with Gasteiger partial charge in [-0.1, -0.05) is 0 Å². The number of carboxylic acids is 1. The Kier molecular flexibility index (Phi) is 3.99. The van der Waals surface area contributed by atoms with Gasteiger partial charge < -0.3 is 16.2 Å². The first kappa shape index (κ1) is 13.3. The van der Waals surface area contributed by atoms with Gasteiger partial charge in [-0.15, -0.1) is 0 Å². The van der Waals surface area contributed by atoms with E-state index in [0.29, 0.717) is 24.2 Å². The summed E-state index contributed by atoms with van der Waals surface area (Å²) >= 11 is 0. The number of carboxylic acid groups (broad SMARTS) is 1. The van der Waals surface area contributed by atoms with E-state index in [1.807, 2.05) is 0 Å². The Morgan fingerprint density at radius 1 is 1.42 bits per heavy atom. The monoisotopic (exact) mass is 263 g/mol. The van der Waals surface area contributed by atoms with Crippen LogP contribution in [-0.4, -0.2) is 28.0 Å². The number of hydrogen-bond acceptors (Lipinski definition) is 4. The van der Waals surface area contributed by atoms with Gasteiger partial charge in [0.05, 0.1) is 24.2 Å². The fourth-order valence-electron chi connectivity index (χ4n) is 2.32. The summed E-state index contributed by atoms with van der Waals surface area (Å²) in [4.78, 5) is 26.7. The summed E-state index contributed by atoms with van der Waals surface area (Å²) in [5.74, 6) is -1.25. The maximum atomic E-state index is 11.8. The summed E-state index contributed by atoms with van der Waals surface area (Å²) in [5, 5.41) is 11.7. The van der Waals surface area contributed by atoms with Crippen molar-refractivity contribution in [2.24, 2.45) is 5.92 Å². The standard InChI is InChI=1S/C13H17N3O3/c14-9-2-4-10(15-7-9)6-12(17)16-11-3-1-8(5-11)13(18)19/h2,4,7-8,11H,1,3,5-6,14H2,(H,16,17)(H,18,19)/t8-,11+/m1/s1. The van der Waals surface area contributed by atoms with Gasteiger partial charge in [0.2, 0.25) is 5.91 Å². The molecule has 0 spiro atoms. The molecule has 2 atom stereocenters. The fourth-order valence-corrected chi connectivity index (χ4v) is 2.32. The molecule has 1 aromatic heterocycles. The summed E-state index contributed by atoms with van der Waals surface area (Å²) in [6.07, 6.45) is 3.56. The number of nitrogens with two attached hydrogens (primary N) is 1. The molecule has 6 nitrogen and oxygen atoms in total. The summed E-state index contributed by atoms with van der Waals surface area (Å²) in [5.41, 5.74) is 6.73. The van der Waals surface area contributed by atoms with Crippen LogP contribution in [0.3, 0.4) is 0 Å². The Morgan fingerprint density at radius 2 is 2.21 bits per heavy atom. The first-order valence-corrected chi connectivity index (χ1v) is 6.27. The molecule has 0 bridgehead atoms. The normalized spacial score (nSPS) is 22.1. The topological polar surface area (TPSA) is 105 Å². The number of aliphatic carboxylic acids is 1. The van der Waals surface area contributed by atoms with E-state index in [4.69, 9.17) is 10.8 Å². The van der Waals surface area contributed by atoms with Crippen molar-refractivity contribution in [1.82, 2.24) is 10.3 Å². The van der Waals surface area contributed by atoms with Crippen LogP contribution in [0.1, 0.15) is 25.0 Å². The van der Waals surface area contributed by atoms with Crippen molar-refractivity contribution in [3.63, 3.8) is 0 Å². The predicted molar refractivity (Wildman–Crippen MR) is 69.3 cm³/mol. The van der Waals surface area contributed by atoms with E-state index in [0.717, 1.165) is 6.42 Å². The molecule has 1 amide bonds. The van der Waals surface area contributed by atoms with Gasteiger partial charge in [0.25, 0.3) is 0 Å². The lowest BCUT2D eigenvalue weighted by atomic mass is 10.1. The number of carbonyl (C=O) groups is 2. The van der Waals surface area contributed by atoms with E-state index >= 15 is 0 Å². The first-order chi connectivity index (χ1) is 9.04. The Hall–Kier alpha value is -2.11. The second-order valence-corrected chi connectivity index (χ2v) is 4.87. The number of nitrogen functional groups attached to an aromatic ring is 1. The van der Waals surface area contributed by atoms with E-state index in [2.05, 4.69) is 10.3 Å². The van der Waals surface area contributed by atoms with Gasteiger partial charge in [0.15, 0.2) is 0 Å². The van der Waals surface area contributed by atoms with Crippen LogP contribution in [0.15, 0.2) is 18.3 Å². The van der Waals surface area contributed by atoms with Crippen LogP contribution in [0.4, 0.5) is 5.69 Å². The van der Waals surface area contributed by atoms with Crippen molar-refractivity contribution in [3.05, 3.63) is 24.0 Å². The van der Waals surface area contributed by atoms with E-state index in [-0.39, 0.29) is 24.3 Å². The molecule has 1 heterocycles. The smallest absolute Gasteiger partial charge is 0.306 e. The van der Waals surface area contributed by atoms with Crippen LogP contribution in [0.2, 0.25) is 0 Å². The minimum atomic E-state index is -0.781. The van der Waals surface area contributed by atoms with Crippen molar-refractivity contribution in [1.29, 1.82) is 0 Å². The molecule has 6 heteroatoms. The van der Waals surface area contributed by atoms with Crippen LogP contribution in [0.5, 0.6) is 0 Å². The number of anilines is 1. The largest absolute Gasteiger partial charge is 0.481 e. The van der Waals surface area contributed by atoms with Crippen LogP contribution in [-0.2, 0) is 16.0 Å². The first-order valence-electron chi connectivity index (χ1n) is 6.27. The molecular weight excluding hydrogens is 246 g/mol. The number of carbonyl (C=O) groups excluding carboxylic acids is 1. The molecule has 0 radical (unpaired) electrons. The SMILES string of the molecule is Nc1ccc(CC(=O)N[C@H]2CC[C@@H](C(=O)O)C2)nc1. The molecule has 1 fully saturated rings. The minimum Gasteiger partial charge on any atom is -0.481 e. The van der Waals surface area contributed by atoms with E-state index in [9.17, 15) is 9.59 Å². The van der Waals surface area contributed by atoms with Gasteiger partial charge in [0, 0.05) is 11.7 Å². The zero-order valence-corrected chi connectivity index (χ0v) is 10.5. The number of nitrogens with zero attached hydrogens (tertiary/aromatic N) is 1. The highest BCUT2D eigenvalue weighted by molar-refractivity contribution is 5.78. The van der Waals surface area contributed by atoms with Gasteiger partial charge in [0.1, 0.15) is 0 Å². The number of aromatic nitrogens is 1. The second kappa shape index (κ2) is 5.69. The quantitative estimate of drug-likeness (QED) is 0.736. The Bertz CT molecular complexity index is 473. The summed E-state index contributed by atoms with van der Waals surface area (Å²) in [7, 11) is 0. The molecule has 102 valence electrons. The van der Waals surface area contributed by atoms with Gasteiger partial charge in [-0.05, 0) is 31.4 Å². The zero-order valence-electron chi connectivity index (χ0n) is 10.5. The maximum Gasteiger partial charge on any atom is 0.306 e. The van der Waals surface area contributed by atoms with Gasteiger partial charge in [-0.25, -0.2) is 0 Å². The highest BCUT2D eigenvalue weighted by atomic mass is 16.4. The Labute approximate surface area is 111 Å². The average Bonchev–Trinajstić information content (AvgIpc) is 2.80. The molecule has 0 saturated heterocycles. The Morgan fingerprint density at radius 3 is 2.79 bits per heavy atom. The van der Waals surface area contributed by atoms with E-state index in [1.54, 1.807) is 12.1 Å². The number of amides is 1. The number of nitrogens with one attached hydrogen (secondary N) is 1.